The monoisotopic (exact) mass is 769 g/mol. The molecule has 59 heavy (non-hydrogen) atoms. The van der Waals surface area contributed by atoms with Gasteiger partial charge in [-0.1, -0.05) is 152 Å². The van der Waals surface area contributed by atoms with Crippen LogP contribution in [0.5, 0.6) is 0 Å². The van der Waals surface area contributed by atoms with Gasteiger partial charge in [0, 0.05) is 43.2 Å². The zero-order valence-corrected chi connectivity index (χ0v) is 33.3. The number of nitrogens with zero attached hydrogens (tertiary/aromatic N) is 1. The first-order chi connectivity index (χ1) is 29.2. The van der Waals surface area contributed by atoms with Crippen LogP contribution in [0.15, 0.2) is 206 Å². The Labute approximate surface area is 348 Å². The SMILES string of the molecule is c1ccc(-c2cccc(N(c3ccc4c(c3)C(c3ccc5sc6ccccc6c5c3)CCc3ccccc3-4)c3ccc4c(ccc5c6ccccc6ccc45)c3)c2)cc1. The second-order valence-corrected chi connectivity index (χ2v) is 17.1. The van der Waals surface area contributed by atoms with Crippen LogP contribution in [0.2, 0.25) is 0 Å². The Bertz CT molecular complexity index is 3410. The van der Waals surface area contributed by atoms with E-state index in [4.69, 9.17) is 0 Å². The minimum absolute atomic E-state index is 0.232. The molecular formula is C57H39NS. The van der Waals surface area contributed by atoms with Gasteiger partial charge in [-0.3, -0.25) is 0 Å². The third-order valence-corrected chi connectivity index (χ3v) is 13.8. The van der Waals surface area contributed by atoms with E-state index in [1.54, 1.807) is 0 Å². The van der Waals surface area contributed by atoms with Crippen molar-refractivity contribution >= 4 is 80.9 Å². The van der Waals surface area contributed by atoms with Crippen molar-refractivity contribution in [1.29, 1.82) is 0 Å². The second kappa shape index (κ2) is 13.8. The van der Waals surface area contributed by atoms with E-state index < -0.39 is 0 Å². The normalized spacial score (nSPS) is 13.8. The molecule has 10 aromatic carbocycles. The van der Waals surface area contributed by atoms with Crippen LogP contribution in [0.3, 0.4) is 0 Å². The molecule has 11 aromatic rings. The van der Waals surface area contributed by atoms with Crippen molar-refractivity contribution in [3.63, 3.8) is 0 Å². The van der Waals surface area contributed by atoms with Gasteiger partial charge in [-0.15, -0.1) is 11.3 Å². The molecule has 278 valence electrons. The highest BCUT2D eigenvalue weighted by Crippen LogP contribution is 2.47. The van der Waals surface area contributed by atoms with E-state index in [9.17, 15) is 0 Å². The fourth-order valence-electron chi connectivity index (χ4n) is 9.84. The molecule has 0 radical (unpaired) electrons. The Balaban J connectivity index is 1.06. The van der Waals surface area contributed by atoms with E-state index in [0.29, 0.717) is 0 Å². The molecule has 12 rings (SSSR count). The van der Waals surface area contributed by atoms with Gasteiger partial charge in [0.15, 0.2) is 0 Å². The lowest BCUT2D eigenvalue weighted by atomic mass is 9.85. The van der Waals surface area contributed by atoms with Gasteiger partial charge in [0.05, 0.1) is 0 Å². The Morgan fingerprint density at radius 2 is 1.07 bits per heavy atom. The number of thiophene rings is 1. The van der Waals surface area contributed by atoms with Crippen molar-refractivity contribution in [3.05, 3.63) is 223 Å². The average molecular weight is 770 g/mol. The maximum absolute atomic E-state index is 2.50. The molecule has 1 unspecified atom stereocenters. The Hall–Kier alpha value is -7.00. The highest BCUT2D eigenvalue weighted by molar-refractivity contribution is 7.25. The molecule has 1 heterocycles. The largest absolute Gasteiger partial charge is 0.310 e. The number of fused-ring (bicyclic) bond motifs is 11. The third-order valence-electron chi connectivity index (χ3n) is 12.7. The molecule has 1 atom stereocenters. The predicted molar refractivity (Wildman–Crippen MR) is 254 cm³/mol. The number of hydrogen-bond acceptors (Lipinski definition) is 2. The van der Waals surface area contributed by atoms with Crippen LogP contribution >= 0.6 is 11.3 Å². The van der Waals surface area contributed by atoms with E-state index >= 15 is 0 Å². The van der Waals surface area contributed by atoms with Gasteiger partial charge in [-0.2, -0.15) is 0 Å². The highest BCUT2D eigenvalue weighted by atomic mass is 32.1. The zero-order chi connectivity index (χ0) is 38.9. The summed E-state index contributed by atoms with van der Waals surface area (Å²) in [6, 6.07) is 77.1. The van der Waals surface area contributed by atoms with Crippen molar-refractivity contribution in [2.75, 3.05) is 4.90 Å². The first-order valence-corrected chi connectivity index (χ1v) is 21.5. The summed E-state index contributed by atoms with van der Waals surface area (Å²) >= 11 is 1.89. The van der Waals surface area contributed by atoms with Crippen molar-refractivity contribution in [1.82, 2.24) is 0 Å². The number of aryl methyl sites for hydroxylation is 1. The van der Waals surface area contributed by atoms with E-state index in [1.165, 1.54) is 91.4 Å². The summed E-state index contributed by atoms with van der Waals surface area (Å²) in [5.41, 5.74) is 12.7. The maximum atomic E-state index is 2.50. The predicted octanol–water partition coefficient (Wildman–Crippen LogP) is 16.4. The highest BCUT2D eigenvalue weighted by Gasteiger charge is 2.26. The standard InChI is InChI=1S/C57H39NS/c1-2-11-37(12-3-1)40-15-10-16-43(33-40)58(44-25-30-48-41(34-44)23-29-50-46-17-6-4-14-39(46)22-28-51(48)50)45-26-31-52-47-18-7-5-13-38(47)21-27-49(54(52)36-45)42-24-32-57-55(35-42)53-19-8-9-20-56(53)59-57/h1-20,22-26,28-36,49H,21,27H2. The summed E-state index contributed by atoms with van der Waals surface area (Å²) in [5, 5.41) is 10.3. The molecule has 1 aliphatic rings. The number of anilines is 3. The quantitative estimate of drug-likeness (QED) is 0.158. The molecule has 0 bridgehead atoms. The summed E-state index contributed by atoms with van der Waals surface area (Å²) in [6.07, 6.45) is 2.08. The van der Waals surface area contributed by atoms with Crippen LogP contribution in [-0.4, -0.2) is 0 Å². The van der Waals surface area contributed by atoms with E-state index in [2.05, 4.69) is 211 Å². The van der Waals surface area contributed by atoms with Crippen LogP contribution in [0.25, 0.3) is 74.7 Å². The molecule has 2 heteroatoms. The van der Waals surface area contributed by atoms with Crippen molar-refractivity contribution in [3.8, 4) is 22.3 Å². The van der Waals surface area contributed by atoms with Gasteiger partial charge in [0.2, 0.25) is 0 Å². The molecule has 1 nitrogen and oxygen atoms in total. The van der Waals surface area contributed by atoms with Crippen LogP contribution in [0.4, 0.5) is 17.1 Å². The summed E-state index contributed by atoms with van der Waals surface area (Å²) in [5.74, 6) is 0.232. The average Bonchev–Trinajstić information content (AvgIpc) is 3.59. The fraction of sp³-hybridized carbons (Fsp3) is 0.0526. The Morgan fingerprint density at radius 3 is 1.98 bits per heavy atom. The van der Waals surface area contributed by atoms with Crippen LogP contribution in [-0.2, 0) is 6.42 Å². The van der Waals surface area contributed by atoms with Gasteiger partial charge in [-0.05, 0) is 139 Å². The van der Waals surface area contributed by atoms with Crippen molar-refractivity contribution in [2.24, 2.45) is 0 Å². The third kappa shape index (κ3) is 5.74. The minimum atomic E-state index is 0.232. The first kappa shape index (κ1) is 34.1. The van der Waals surface area contributed by atoms with Gasteiger partial charge in [-0.25, -0.2) is 0 Å². The molecule has 0 N–H and O–H groups in total. The van der Waals surface area contributed by atoms with E-state index in [1.807, 2.05) is 11.3 Å². The summed E-state index contributed by atoms with van der Waals surface area (Å²) in [4.78, 5) is 2.47. The van der Waals surface area contributed by atoms with Crippen molar-refractivity contribution in [2.45, 2.75) is 18.8 Å². The molecule has 0 spiro atoms. The lowest BCUT2D eigenvalue weighted by Gasteiger charge is -2.29. The summed E-state index contributed by atoms with van der Waals surface area (Å²) < 4.78 is 2.70. The molecule has 0 saturated heterocycles. The van der Waals surface area contributed by atoms with E-state index in [-0.39, 0.29) is 5.92 Å². The van der Waals surface area contributed by atoms with Crippen LogP contribution in [0.1, 0.15) is 29.0 Å². The topological polar surface area (TPSA) is 3.24 Å². The molecule has 0 saturated carbocycles. The molecule has 0 fully saturated rings. The lowest BCUT2D eigenvalue weighted by Crippen LogP contribution is -2.11. The lowest BCUT2D eigenvalue weighted by molar-refractivity contribution is 0.727. The summed E-state index contributed by atoms with van der Waals surface area (Å²) in [7, 11) is 0. The van der Waals surface area contributed by atoms with Crippen LogP contribution in [0, 0.1) is 0 Å². The van der Waals surface area contributed by atoms with Gasteiger partial charge < -0.3 is 4.90 Å². The molecule has 1 aliphatic carbocycles. The molecule has 0 amide bonds. The molecule has 0 aliphatic heterocycles. The van der Waals surface area contributed by atoms with Gasteiger partial charge in [0.25, 0.3) is 0 Å². The minimum Gasteiger partial charge on any atom is -0.310 e. The van der Waals surface area contributed by atoms with Crippen LogP contribution < -0.4 is 4.90 Å². The van der Waals surface area contributed by atoms with Crippen molar-refractivity contribution < 1.29 is 0 Å². The summed E-state index contributed by atoms with van der Waals surface area (Å²) in [6.45, 7) is 0. The molecular weight excluding hydrogens is 731 g/mol. The second-order valence-electron chi connectivity index (χ2n) is 16.0. The number of benzene rings is 10. The Morgan fingerprint density at radius 1 is 0.390 bits per heavy atom. The Kier molecular flexibility index (Phi) is 7.99. The number of rotatable bonds is 5. The number of hydrogen-bond donors (Lipinski definition) is 0. The van der Waals surface area contributed by atoms with Gasteiger partial charge in [0.1, 0.15) is 0 Å². The zero-order valence-electron chi connectivity index (χ0n) is 32.5. The van der Waals surface area contributed by atoms with Gasteiger partial charge >= 0.3 is 0 Å². The fourth-order valence-corrected chi connectivity index (χ4v) is 10.9. The van der Waals surface area contributed by atoms with E-state index in [0.717, 1.165) is 29.9 Å². The maximum Gasteiger partial charge on any atom is 0.0468 e. The first-order valence-electron chi connectivity index (χ1n) is 20.7. The molecule has 1 aromatic heterocycles. The smallest absolute Gasteiger partial charge is 0.0468 e.